The van der Waals surface area contributed by atoms with Crippen LogP contribution in [0.2, 0.25) is 0 Å². The molecule has 0 bridgehead atoms. The van der Waals surface area contributed by atoms with Crippen LogP contribution >= 0.6 is 11.3 Å². The highest BCUT2D eigenvalue weighted by Crippen LogP contribution is 2.40. The largest absolute Gasteiger partial charge is 0.309 e. The summed E-state index contributed by atoms with van der Waals surface area (Å²) in [5.74, 6) is 1.83. The number of thiophene rings is 1. The fourth-order valence-electron chi connectivity index (χ4n) is 9.30. The van der Waals surface area contributed by atoms with Crippen molar-refractivity contribution in [1.29, 1.82) is 0 Å². The number of fused-ring (bicyclic) bond motifs is 9. The van der Waals surface area contributed by atoms with Crippen LogP contribution in [0.1, 0.15) is 0 Å². The Morgan fingerprint density at radius 2 is 0.905 bits per heavy atom. The molecule has 0 aliphatic carbocycles. The van der Waals surface area contributed by atoms with Crippen molar-refractivity contribution < 1.29 is 0 Å². The van der Waals surface area contributed by atoms with E-state index in [9.17, 15) is 0 Å². The normalized spacial score (nSPS) is 11.8. The second kappa shape index (κ2) is 14.2. The van der Waals surface area contributed by atoms with Crippen LogP contribution in [0.25, 0.3) is 121 Å². The highest BCUT2D eigenvalue weighted by Gasteiger charge is 2.20. The predicted octanol–water partition coefficient (Wildman–Crippen LogP) is 14.5. The van der Waals surface area contributed by atoms with Gasteiger partial charge in [-0.3, -0.25) is 9.55 Å². The SMILES string of the molecule is c1ccc(-c2nc(-c3ccccc3)nc(-n3c4ccccc4c4ccc(-c5ccc6c(c5)c5ccccc5n6-c5cccc(-c6ccc7sc8cccnc8c7c6)c5)cc43)n2)cc1. The molecule has 294 valence electrons. The molecule has 13 rings (SSSR count). The first-order valence-electron chi connectivity index (χ1n) is 21.0. The number of nitrogens with zero attached hydrogens (tertiary/aromatic N) is 6. The fraction of sp³-hybridized carbons (Fsp3) is 0. The standard InChI is InChI=1S/C56H34N6S/c1-3-13-35(14-4-1)54-58-55(36-15-5-2-6-16-36)60-56(59-54)62-48-22-10-7-19-42(48)44-27-24-40(34-50(44)62)38-25-28-49-45(32-38)43-20-8-9-21-47(43)61(49)41-18-11-17-37(31-41)39-26-29-51-46(33-39)53-52(63-51)23-12-30-57-53/h1-34H. The van der Waals surface area contributed by atoms with Crippen LogP contribution < -0.4 is 0 Å². The molecule has 0 aliphatic heterocycles. The summed E-state index contributed by atoms with van der Waals surface area (Å²) >= 11 is 1.79. The molecule has 13 aromatic rings. The summed E-state index contributed by atoms with van der Waals surface area (Å²) in [6.45, 7) is 0. The molecule has 6 nitrogen and oxygen atoms in total. The van der Waals surface area contributed by atoms with E-state index in [1.807, 2.05) is 72.9 Å². The predicted molar refractivity (Wildman–Crippen MR) is 261 cm³/mol. The molecule has 0 N–H and O–H groups in total. The highest BCUT2D eigenvalue weighted by atomic mass is 32.1. The average Bonchev–Trinajstić information content (AvgIpc) is 4.01. The molecule has 63 heavy (non-hydrogen) atoms. The second-order valence-corrected chi connectivity index (χ2v) is 17.0. The van der Waals surface area contributed by atoms with Crippen LogP contribution in [0.15, 0.2) is 206 Å². The molecule has 0 unspecified atom stereocenters. The maximum atomic E-state index is 5.16. The second-order valence-electron chi connectivity index (χ2n) is 15.9. The van der Waals surface area contributed by atoms with Crippen molar-refractivity contribution in [3.8, 4) is 56.7 Å². The van der Waals surface area contributed by atoms with Crippen molar-refractivity contribution in [2.75, 3.05) is 0 Å². The number of benzene rings is 8. The zero-order valence-electron chi connectivity index (χ0n) is 33.7. The molecular formula is C56H34N6S. The van der Waals surface area contributed by atoms with Crippen molar-refractivity contribution in [2.45, 2.75) is 0 Å². The van der Waals surface area contributed by atoms with Gasteiger partial charge in [0.15, 0.2) is 11.6 Å². The van der Waals surface area contributed by atoms with Crippen molar-refractivity contribution in [3.63, 3.8) is 0 Å². The summed E-state index contributed by atoms with van der Waals surface area (Å²) in [6, 6.07) is 71.0. The molecule has 8 aromatic carbocycles. The third-order valence-electron chi connectivity index (χ3n) is 12.2. The number of hydrogen-bond donors (Lipinski definition) is 0. The minimum Gasteiger partial charge on any atom is -0.309 e. The van der Waals surface area contributed by atoms with E-state index in [1.165, 1.54) is 42.2 Å². The van der Waals surface area contributed by atoms with Gasteiger partial charge in [0.05, 0.1) is 32.3 Å². The molecule has 5 heterocycles. The van der Waals surface area contributed by atoms with Gasteiger partial charge in [0, 0.05) is 54.6 Å². The highest BCUT2D eigenvalue weighted by molar-refractivity contribution is 7.25. The molecule has 7 heteroatoms. The van der Waals surface area contributed by atoms with Crippen LogP contribution in [0.4, 0.5) is 0 Å². The lowest BCUT2D eigenvalue weighted by Crippen LogP contribution is -2.06. The van der Waals surface area contributed by atoms with Gasteiger partial charge < -0.3 is 4.57 Å². The third-order valence-corrected chi connectivity index (χ3v) is 13.4. The monoisotopic (exact) mass is 822 g/mol. The smallest absolute Gasteiger partial charge is 0.238 e. The van der Waals surface area contributed by atoms with E-state index in [0.29, 0.717) is 17.6 Å². The zero-order chi connectivity index (χ0) is 41.4. The molecular weight excluding hydrogens is 789 g/mol. The fourth-order valence-corrected chi connectivity index (χ4v) is 10.3. The van der Waals surface area contributed by atoms with Gasteiger partial charge >= 0.3 is 0 Å². The molecule has 0 spiro atoms. The summed E-state index contributed by atoms with van der Waals surface area (Å²) < 4.78 is 7.06. The van der Waals surface area contributed by atoms with Gasteiger partial charge in [-0.2, -0.15) is 9.97 Å². The maximum absolute atomic E-state index is 5.16. The first-order chi connectivity index (χ1) is 31.2. The van der Waals surface area contributed by atoms with Gasteiger partial charge in [0.1, 0.15) is 0 Å². The van der Waals surface area contributed by atoms with E-state index >= 15 is 0 Å². The number of rotatable bonds is 6. The zero-order valence-corrected chi connectivity index (χ0v) is 34.5. The van der Waals surface area contributed by atoms with Gasteiger partial charge in [-0.25, -0.2) is 4.98 Å². The van der Waals surface area contributed by atoms with Gasteiger partial charge in [-0.15, -0.1) is 11.3 Å². The van der Waals surface area contributed by atoms with E-state index in [4.69, 9.17) is 19.9 Å². The van der Waals surface area contributed by atoms with Crippen molar-refractivity contribution >= 4 is 75.3 Å². The van der Waals surface area contributed by atoms with Gasteiger partial charge in [-0.1, -0.05) is 133 Å². The molecule has 0 aliphatic rings. The Kier molecular flexibility index (Phi) is 7.98. The van der Waals surface area contributed by atoms with E-state index in [0.717, 1.165) is 60.8 Å². The van der Waals surface area contributed by atoms with Gasteiger partial charge in [0.2, 0.25) is 5.95 Å². The van der Waals surface area contributed by atoms with Gasteiger partial charge in [0.25, 0.3) is 0 Å². The Morgan fingerprint density at radius 3 is 1.67 bits per heavy atom. The average molecular weight is 823 g/mol. The van der Waals surface area contributed by atoms with E-state index in [2.05, 4.69) is 143 Å². The summed E-state index contributed by atoms with van der Waals surface area (Å²) in [5.41, 5.74) is 13.0. The lowest BCUT2D eigenvalue weighted by atomic mass is 10.0. The van der Waals surface area contributed by atoms with Crippen LogP contribution in [-0.4, -0.2) is 29.1 Å². The summed E-state index contributed by atoms with van der Waals surface area (Å²) in [5, 5.41) is 5.88. The molecule has 0 fully saturated rings. The van der Waals surface area contributed by atoms with Crippen molar-refractivity contribution in [2.24, 2.45) is 0 Å². The van der Waals surface area contributed by atoms with Crippen LogP contribution in [-0.2, 0) is 0 Å². The van der Waals surface area contributed by atoms with Crippen LogP contribution in [0.5, 0.6) is 0 Å². The quantitative estimate of drug-likeness (QED) is 0.168. The topological polar surface area (TPSA) is 61.4 Å². The van der Waals surface area contributed by atoms with Crippen molar-refractivity contribution in [3.05, 3.63) is 206 Å². The number of para-hydroxylation sites is 2. The molecule has 0 radical (unpaired) electrons. The first-order valence-corrected chi connectivity index (χ1v) is 21.9. The summed E-state index contributed by atoms with van der Waals surface area (Å²) in [6.07, 6.45) is 1.88. The lowest BCUT2D eigenvalue weighted by Gasteiger charge is -2.12. The first kappa shape index (κ1) is 35.5. The molecule has 5 aromatic heterocycles. The molecule has 0 amide bonds. The minimum atomic E-state index is 0.576. The molecule has 0 saturated heterocycles. The van der Waals surface area contributed by atoms with Gasteiger partial charge in [-0.05, 0) is 89.0 Å². The number of pyridine rings is 1. The Hall–Kier alpha value is -8.26. The Balaban J connectivity index is 0.961. The van der Waals surface area contributed by atoms with Crippen molar-refractivity contribution in [1.82, 2.24) is 29.1 Å². The Bertz CT molecular complexity index is 3860. The lowest BCUT2D eigenvalue weighted by molar-refractivity contribution is 0.953. The molecule has 0 saturated carbocycles. The van der Waals surface area contributed by atoms with Crippen LogP contribution in [0, 0.1) is 0 Å². The van der Waals surface area contributed by atoms with E-state index in [1.54, 1.807) is 11.3 Å². The Labute approximate surface area is 365 Å². The number of aromatic nitrogens is 6. The maximum Gasteiger partial charge on any atom is 0.238 e. The van der Waals surface area contributed by atoms with E-state index < -0.39 is 0 Å². The minimum absolute atomic E-state index is 0.576. The Morgan fingerprint density at radius 1 is 0.333 bits per heavy atom. The summed E-state index contributed by atoms with van der Waals surface area (Å²) in [4.78, 5) is 20.0. The third kappa shape index (κ3) is 5.78. The molecule has 0 atom stereocenters. The van der Waals surface area contributed by atoms with Crippen LogP contribution in [0.3, 0.4) is 0 Å². The number of hydrogen-bond acceptors (Lipinski definition) is 5. The van der Waals surface area contributed by atoms with E-state index in [-0.39, 0.29) is 0 Å². The summed E-state index contributed by atoms with van der Waals surface area (Å²) in [7, 11) is 0.